The summed E-state index contributed by atoms with van der Waals surface area (Å²) in [6, 6.07) is 11.7. The van der Waals surface area contributed by atoms with Crippen LogP contribution in [0.4, 0.5) is 4.79 Å². The highest BCUT2D eigenvalue weighted by atomic mass is 16.6. The predicted octanol–water partition coefficient (Wildman–Crippen LogP) is 1.96. The van der Waals surface area contributed by atoms with Crippen molar-refractivity contribution in [1.29, 1.82) is 0 Å². The second-order valence-electron chi connectivity index (χ2n) is 4.60. The Morgan fingerprint density at radius 1 is 1.18 bits per heavy atom. The van der Waals surface area contributed by atoms with Gasteiger partial charge in [-0.25, -0.2) is 4.79 Å². The Balaban J connectivity index is 1.73. The molecular weight excluding hydrogens is 284 g/mol. The van der Waals surface area contributed by atoms with Crippen LogP contribution in [0.3, 0.4) is 0 Å². The molecule has 0 atom stereocenters. The quantitative estimate of drug-likeness (QED) is 0.855. The zero-order valence-corrected chi connectivity index (χ0v) is 12.3. The molecule has 0 unspecified atom stereocenters. The van der Waals surface area contributed by atoms with Crippen LogP contribution in [0.25, 0.3) is 11.3 Å². The largest absolute Gasteiger partial charge is 0.464 e. The van der Waals surface area contributed by atoms with Gasteiger partial charge in [-0.3, -0.25) is 4.79 Å². The number of benzene rings is 1. The van der Waals surface area contributed by atoms with Gasteiger partial charge in [0.25, 0.3) is 5.91 Å². The normalized spacial score (nSPS) is 10.0. The third kappa shape index (κ3) is 4.66. The maximum absolute atomic E-state index is 11.3. The summed E-state index contributed by atoms with van der Waals surface area (Å²) in [6.45, 7) is 0.160. The SMILES string of the molecule is CNC(=O)COC(=O)NCCc1ccc(-c2ccco2)cc1. The second-order valence-corrected chi connectivity index (χ2v) is 4.60. The lowest BCUT2D eigenvalue weighted by molar-refractivity contribution is -0.123. The van der Waals surface area contributed by atoms with Gasteiger partial charge in [-0.05, 0) is 24.1 Å². The van der Waals surface area contributed by atoms with Crippen molar-refractivity contribution in [3.05, 3.63) is 48.2 Å². The van der Waals surface area contributed by atoms with Gasteiger partial charge in [-0.15, -0.1) is 0 Å². The Morgan fingerprint density at radius 2 is 1.95 bits per heavy atom. The number of hydrogen-bond donors (Lipinski definition) is 2. The van der Waals surface area contributed by atoms with E-state index in [-0.39, 0.29) is 12.5 Å². The smallest absolute Gasteiger partial charge is 0.407 e. The molecule has 0 aliphatic rings. The van der Waals surface area contributed by atoms with Crippen LogP contribution < -0.4 is 10.6 Å². The summed E-state index contributed by atoms with van der Waals surface area (Å²) in [7, 11) is 1.48. The third-order valence-electron chi connectivity index (χ3n) is 3.06. The van der Waals surface area contributed by atoms with E-state index in [0.29, 0.717) is 13.0 Å². The van der Waals surface area contributed by atoms with Gasteiger partial charge >= 0.3 is 6.09 Å². The minimum absolute atomic E-state index is 0.278. The molecule has 0 saturated heterocycles. The molecule has 0 fully saturated rings. The first-order valence-electron chi connectivity index (χ1n) is 6.93. The first-order valence-corrected chi connectivity index (χ1v) is 6.93. The summed E-state index contributed by atoms with van der Waals surface area (Å²) in [4.78, 5) is 22.3. The van der Waals surface area contributed by atoms with Crippen molar-refractivity contribution in [3.63, 3.8) is 0 Å². The molecule has 1 heterocycles. The van der Waals surface area contributed by atoms with Crippen molar-refractivity contribution in [2.24, 2.45) is 0 Å². The van der Waals surface area contributed by atoms with Gasteiger partial charge in [0.15, 0.2) is 6.61 Å². The van der Waals surface area contributed by atoms with Crippen LogP contribution >= 0.6 is 0 Å². The number of likely N-dealkylation sites (N-methyl/N-ethyl adjacent to an activating group) is 1. The number of furan rings is 1. The number of hydrogen-bond acceptors (Lipinski definition) is 4. The lowest BCUT2D eigenvalue weighted by atomic mass is 10.1. The van der Waals surface area contributed by atoms with Crippen LogP contribution in [0.15, 0.2) is 47.1 Å². The van der Waals surface area contributed by atoms with E-state index < -0.39 is 6.09 Å². The van der Waals surface area contributed by atoms with Gasteiger partial charge in [-0.2, -0.15) is 0 Å². The maximum atomic E-state index is 11.3. The fourth-order valence-electron chi connectivity index (χ4n) is 1.84. The Morgan fingerprint density at radius 3 is 2.59 bits per heavy atom. The highest BCUT2D eigenvalue weighted by Crippen LogP contribution is 2.19. The number of nitrogens with one attached hydrogen (secondary N) is 2. The zero-order valence-electron chi connectivity index (χ0n) is 12.3. The van der Waals surface area contributed by atoms with E-state index in [1.165, 1.54) is 7.05 Å². The molecule has 6 nitrogen and oxygen atoms in total. The highest BCUT2D eigenvalue weighted by molar-refractivity contribution is 5.79. The molecule has 1 aromatic carbocycles. The molecule has 0 aliphatic heterocycles. The molecule has 0 bridgehead atoms. The van der Waals surface area contributed by atoms with Gasteiger partial charge < -0.3 is 19.8 Å². The van der Waals surface area contributed by atoms with E-state index in [9.17, 15) is 9.59 Å². The molecule has 2 amide bonds. The zero-order chi connectivity index (χ0) is 15.8. The van der Waals surface area contributed by atoms with Gasteiger partial charge in [0, 0.05) is 19.2 Å². The van der Waals surface area contributed by atoms with Crippen molar-refractivity contribution in [1.82, 2.24) is 10.6 Å². The lowest BCUT2D eigenvalue weighted by Crippen LogP contribution is -2.31. The number of alkyl carbamates (subject to hydrolysis) is 1. The minimum Gasteiger partial charge on any atom is -0.464 e. The Bertz CT molecular complexity index is 606. The number of amides is 2. The van der Waals surface area contributed by atoms with Crippen molar-refractivity contribution in [3.8, 4) is 11.3 Å². The van der Waals surface area contributed by atoms with E-state index >= 15 is 0 Å². The van der Waals surface area contributed by atoms with E-state index in [2.05, 4.69) is 10.6 Å². The summed E-state index contributed by atoms with van der Waals surface area (Å²) < 4.78 is 10.0. The molecule has 2 aromatic rings. The number of carbonyl (C=O) groups is 2. The first-order chi connectivity index (χ1) is 10.7. The summed E-state index contributed by atoms with van der Waals surface area (Å²) >= 11 is 0. The fourth-order valence-corrected chi connectivity index (χ4v) is 1.84. The highest BCUT2D eigenvalue weighted by Gasteiger charge is 2.05. The lowest BCUT2D eigenvalue weighted by Gasteiger charge is -2.06. The van der Waals surface area contributed by atoms with Crippen molar-refractivity contribution in [2.45, 2.75) is 6.42 Å². The maximum Gasteiger partial charge on any atom is 0.407 e. The minimum atomic E-state index is -0.601. The Kier molecular flexibility index (Phi) is 5.59. The summed E-state index contributed by atoms with van der Waals surface area (Å²) in [6.07, 6.45) is 1.71. The molecule has 0 radical (unpaired) electrons. The summed E-state index contributed by atoms with van der Waals surface area (Å²) in [5.41, 5.74) is 2.09. The van der Waals surface area contributed by atoms with Crippen LogP contribution in [0, 0.1) is 0 Å². The molecule has 0 aliphatic carbocycles. The topological polar surface area (TPSA) is 80.6 Å². The van der Waals surface area contributed by atoms with Gasteiger partial charge in [-0.1, -0.05) is 24.3 Å². The van der Waals surface area contributed by atoms with Crippen LogP contribution in [-0.2, 0) is 16.0 Å². The molecule has 0 saturated carbocycles. The second kappa shape index (κ2) is 7.87. The molecular formula is C16H18N2O4. The van der Waals surface area contributed by atoms with Crippen molar-refractivity contribution in [2.75, 3.05) is 20.2 Å². The van der Waals surface area contributed by atoms with E-state index in [1.807, 2.05) is 36.4 Å². The first kappa shape index (κ1) is 15.6. The van der Waals surface area contributed by atoms with Crippen molar-refractivity contribution < 1.29 is 18.7 Å². The average molecular weight is 302 g/mol. The molecule has 2 N–H and O–H groups in total. The molecule has 6 heteroatoms. The number of carbonyl (C=O) groups excluding carboxylic acids is 2. The van der Waals surface area contributed by atoms with Crippen molar-refractivity contribution >= 4 is 12.0 Å². The van der Waals surface area contributed by atoms with Crippen LogP contribution in [-0.4, -0.2) is 32.2 Å². The molecule has 116 valence electrons. The van der Waals surface area contributed by atoms with Gasteiger partial charge in [0.1, 0.15) is 5.76 Å². The molecule has 1 aromatic heterocycles. The molecule has 0 spiro atoms. The number of ether oxygens (including phenoxy) is 1. The predicted molar refractivity (Wildman–Crippen MR) is 81.3 cm³/mol. The third-order valence-corrected chi connectivity index (χ3v) is 3.06. The average Bonchev–Trinajstić information content (AvgIpc) is 3.07. The van der Waals surface area contributed by atoms with Gasteiger partial charge in [0.2, 0.25) is 0 Å². The standard InChI is InChI=1S/C16H18N2O4/c1-17-15(19)11-22-16(20)18-9-8-12-4-6-13(7-5-12)14-3-2-10-21-14/h2-7,10H,8-9,11H2,1H3,(H,17,19)(H,18,20). The molecule has 22 heavy (non-hydrogen) atoms. The van der Waals surface area contributed by atoms with E-state index in [0.717, 1.165) is 16.9 Å². The summed E-state index contributed by atoms with van der Waals surface area (Å²) in [5, 5.41) is 4.96. The van der Waals surface area contributed by atoms with E-state index in [4.69, 9.17) is 9.15 Å². The fraction of sp³-hybridized carbons (Fsp3) is 0.250. The van der Waals surface area contributed by atoms with Crippen LogP contribution in [0.5, 0.6) is 0 Å². The Labute approximate surface area is 128 Å². The molecule has 2 rings (SSSR count). The van der Waals surface area contributed by atoms with Crippen LogP contribution in [0.1, 0.15) is 5.56 Å². The Hall–Kier alpha value is -2.76. The van der Waals surface area contributed by atoms with Crippen LogP contribution in [0.2, 0.25) is 0 Å². The summed E-state index contributed by atoms with van der Waals surface area (Å²) in [5.74, 6) is 0.478. The van der Waals surface area contributed by atoms with Gasteiger partial charge in [0.05, 0.1) is 6.26 Å². The monoisotopic (exact) mass is 302 g/mol. The van der Waals surface area contributed by atoms with E-state index in [1.54, 1.807) is 6.26 Å². The number of rotatable bonds is 6.